The molecule has 0 N–H and O–H groups in total. The molecule has 0 atom stereocenters. The Hall–Kier alpha value is -1.89. The van der Waals surface area contributed by atoms with Crippen molar-refractivity contribution in [3.63, 3.8) is 0 Å². The van der Waals surface area contributed by atoms with Gasteiger partial charge in [0.05, 0.1) is 16.4 Å². The predicted octanol–water partition coefficient (Wildman–Crippen LogP) is 4.69. The van der Waals surface area contributed by atoms with Crippen LogP contribution in [-0.4, -0.2) is 27.0 Å². The number of carbonyl (C=O) groups is 1. The largest absolute Gasteiger partial charge is 0.336 e. The molecule has 0 saturated carbocycles. The fourth-order valence-electron chi connectivity index (χ4n) is 2.27. The standard InChI is InChI=1S/C17H13BrCl2N4O/c18-13-2-4-16(22-10-13)24(8-7-23-6-5-21-11-23)17(25)12-1-3-14(19)15(20)9-12/h1-6,9-11H,7-8H2. The van der Waals surface area contributed by atoms with E-state index >= 15 is 0 Å². The lowest BCUT2D eigenvalue weighted by Crippen LogP contribution is -2.34. The lowest BCUT2D eigenvalue weighted by Gasteiger charge is -2.22. The second kappa shape index (κ2) is 7.99. The van der Waals surface area contributed by atoms with Gasteiger partial charge in [0, 0.05) is 41.7 Å². The number of pyridine rings is 1. The average molecular weight is 440 g/mol. The van der Waals surface area contributed by atoms with Crippen molar-refractivity contribution in [1.29, 1.82) is 0 Å². The number of halogens is 3. The average Bonchev–Trinajstić information content (AvgIpc) is 3.12. The molecular formula is C17H13BrCl2N4O. The number of benzene rings is 1. The van der Waals surface area contributed by atoms with Crippen LogP contribution in [0.4, 0.5) is 5.82 Å². The minimum absolute atomic E-state index is 0.200. The normalized spacial score (nSPS) is 10.7. The first-order chi connectivity index (χ1) is 12.0. The SMILES string of the molecule is O=C(c1ccc(Cl)c(Cl)c1)N(CCn1ccnc1)c1ccc(Br)cn1. The third-order valence-electron chi connectivity index (χ3n) is 3.54. The van der Waals surface area contributed by atoms with E-state index in [0.29, 0.717) is 34.5 Å². The number of rotatable bonds is 5. The topological polar surface area (TPSA) is 51.0 Å². The number of imidazole rings is 1. The number of nitrogens with zero attached hydrogens (tertiary/aromatic N) is 4. The summed E-state index contributed by atoms with van der Waals surface area (Å²) in [6, 6.07) is 8.46. The van der Waals surface area contributed by atoms with Crippen molar-refractivity contribution in [2.75, 3.05) is 11.4 Å². The lowest BCUT2D eigenvalue weighted by atomic mass is 10.2. The summed E-state index contributed by atoms with van der Waals surface area (Å²) in [5.41, 5.74) is 0.449. The zero-order chi connectivity index (χ0) is 17.8. The van der Waals surface area contributed by atoms with Crippen molar-refractivity contribution >= 4 is 50.9 Å². The zero-order valence-electron chi connectivity index (χ0n) is 12.9. The summed E-state index contributed by atoms with van der Waals surface area (Å²) in [5, 5.41) is 0.746. The quantitative estimate of drug-likeness (QED) is 0.579. The number of amides is 1. The van der Waals surface area contributed by atoms with Crippen molar-refractivity contribution in [2.45, 2.75) is 6.54 Å². The minimum atomic E-state index is -0.200. The van der Waals surface area contributed by atoms with Crippen molar-refractivity contribution in [3.8, 4) is 0 Å². The first-order valence-corrected chi connectivity index (χ1v) is 8.93. The van der Waals surface area contributed by atoms with E-state index < -0.39 is 0 Å². The van der Waals surface area contributed by atoms with Crippen LogP contribution in [0, 0.1) is 0 Å². The summed E-state index contributed by atoms with van der Waals surface area (Å²) in [6.45, 7) is 1.02. The molecule has 0 spiro atoms. The molecule has 3 aromatic rings. The molecule has 8 heteroatoms. The Morgan fingerprint density at radius 3 is 2.68 bits per heavy atom. The highest BCUT2D eigenvalue weighted by Crippen LogP contribution is 2.24. The highest BCUT2D eigenvalue weighted by atomic mass is 79.9. The van der Waals surface area contributed by atoms with Gasteiger partial charge in [0.15, 0.2) is 0 Å². The Morgan fingerprint density at radius 2 is 2.04 bits per heavy atom. The maximum atomic E-state index is 13.0. The number of anilines is 1. The minimum Gasteiger partial charge on any atom is -0.336 e. The maximum absolute atomic E-state index is 13.0. The third kappa shape index (κ3) is 4.39. The summed E-state index contributed by atoms with van der Waals surface area (Å²) >= 11 is 15.3. The Bertz CT molecular complexity index is 869. The molecule has 3 rings (SSSR count). The van der Waals surface area contributed by atoms with Crippen LogP contribution in [0.15, 0.2) is 59.7 Å². The van der Waals surface area contributed by atoms with Gasteiger partial charge in [0.2, 0.25) is 0 Å². The Labute approximate surface area is 163 Å². The fourth-order valence-corrected chi connectivity index (χ4v) is 2.80. The second-order valence-electron chi connectivity index (χ2n) is 5.22. The molecule has 0 aliphatic rings. The summed E-state index contributed by atoms with van der Waals surface area (Å²) in [7, 11) is 0. The van der Waals surface area contributed by atoms with E-state index in [9.17, 15) is 4.79 Å². The van der Waals surface area contributed by atoms with Crippen molar-refractivity contribution in [3.05, 3.63) is 75.3 Å². The monoisotopic (exact) mass is 438 g/mol. The Morgan fingerprint density at radius 1 is 1.20 bits per heavy atom. The predicted molar refractivity (Wildman–Crippen MR) is 102 cm³/mol. The smallest absolute Gasteiger partial charge is 0.259 e. The van der Waals surface area contributed by atoms with Gasteiger partial charge in [-0.25, -0.2) is 9.97 Å². The van der Waals surface area contributed by atoms with Gasteiger partial charge in [-0.05, 0) is 46.3 Å². The molecule has 0 fully saturated rings. The van der Waals surface area contributed by atoms with Crippen LogP contribution in [0.3, 0.4) is 0 Å². The van der Waals surface area contributed by atoms with Crippen molar-refractivity contribution in [2.24, 2.45) is 0 Å². The van der Waals surface area contributed by atoms with Crippen LogP contribution >= 0.6 is 39.1 Å². The van der Waals surface area contributed by atoms with Crippen LogP contribution < -0.4 is 4.90 Å². The summed E-state index contributed by atoms with van der Waals surface area (Å²) in [4.78, 5) is 23.0. The van der Waals surface area contributed by atoms with Gasteiger partial charge in [0.25, 0.3) is 5.91 Å². The van der Waals surface area contributed by atoms with Gasteiger partial charge in [-0.2, -0.15) is 0 Å². The van der Waals surface area contributed by atoms with E-state index in [0.717, 1.165) is 4.47 Å². The second-order valence-corrected chi connectivity index (χ2v) is 6.95. The number of aromatic nitrogens is 3. The summed E-state index contributed by atoms with van der Waals surface area (Å²) < 4.78 is 2.74. The van der Waals surface area contributed by atoms with E-state index in [1.54, 1.807) is 47.9 Å². The lowest BCUT2D eigenvalue weighted by molar-refractivity contribution is 0.0985. The zero-order valence-corrected chi connectivity index (χ0v) is 16.0. The summed E-state index contributed by atoms with van der Waals surface area (Å²) in [6.07, 6.45) is 6.90. The van der Waals surface area contributed by atoms with Crippen molar-refractivity contribution in [1.82, 2.24) is 14.5 Å². The number of hydrogen-bond acceptors (Lipinski definition) is 3. The molecule has 0 aliphatic heterocycles. The third-order valence-corrected chi connectivity index (χ3v) is 4.75. The van der Waals surface area contributed by atoms with Crippen LogP contribution in [0.5, 0.6) is 0 Å². The van der Waals surface area contributed by atoms with E-state index in [2.05, 4.69) is 25.9 Å². The first kappa shape index (κ1) is 17.9. The first-order valence-electron chi connectivity index (χ1n) is 7.39. The molecule has 2 heterocycles. The van der Waals surface area contributed by atoms with Crippen LogP contribution in [0.2, 0.25) is 10.0 Å². The Balaban J connectivity index is 1.89. The van der Waals surface area contributed by atoms with Gasteiger partial charge in [0.1, 0.15) is 5.82 Å². The highest BCUT2D eigenvalue weighted by Gasteiger charge is 2.19. The molecule has 25 heavy (non-hydrogen) atoms. The van der Waals surface area contributed by atoms with E-state index in [1.165, 1.54) is 0 Å². The van der Waals surface area contributed by atoms with Gasteiger partial charge in [-0.3, -0.25) is 9.69 Å². The van der Waals surface area contributed by atoms with Gasteiger partial charge in [-0.1, -0.05) is 23.2 Å². The van der Waals surface area contributed by atoms with Crippen LogP contribution in [0.25, 0.3) is 0 Å². The van der Waals surface area contributed by atoms with E-state index in [-0.39, 0.29) is 5.91 Å². The van der Waals surface area contributed by atoms with Gasteiger partial charge >= 0.3 is 0 Å². The van der Waals surface area contributed by atoms with Crippen molar-refractivity contribution < 1.29 is 4.79 Å². The summed E-state index contributed by atoms with van der Waals surface area (Å²) in [5.74, 6) is 0.355. The molecule has 0 radical (unpaired) electrons. The number of carbonyl (C=O) groups excluding carboxylic acids is 1. The molecule has 5 nitrogen and oxygen atoms in total. The molecule has 128 valence electrons. The maximum Gasteiger partial charge on any atom is 0.259 e. The van der Waals surface area contributed by atoms with Gasteiger partial charge in [-0.15, -0.1) is 0 Å². The van der Waals surface area contributed by atoms with Crippen LogP contribution in [-0.2, 0) is 6.54 Å². The van der Waals surface area contributed by atoms with Gasteiger partial charge < -0.3 is 4.57 Å². The molecule has 1 aromatic carbocycles. The molecule has 0 aliphatic carbocycles. The van der Waals surface area contributed by atoms with Crippen LogP contribution in [0.1, 0.15) is 10.4 Å². The molecular weight excluding hydrogens is 427 g/mol. The highest BCUT2D eigenvalue weighted by molar-refractivity contribution is 9.10. The molecule has 2 aromatic heterocycles. The number of hydrogen-bond donors (Lipinski definition) is 0. The molecule has 0 bridgehead atoms. The fraction of sp³-hybridized carbons (Fsp3) is 0.118. The molecule has 1 amide bonds. The molecule has 0 saturated heterocycles. The molecule has 0 unspecified atom stereocenters. The Kier molecular flexibility index (Phi) is 5.73. The van der Waals surface area contributed by atoms with E-state index in [4.69, 9.17) is 23.2 Å². The van der Waals surface area contributed by atoms with E-state index in [1.807, 2.05) is 16.8 Å².